The van der Waals surface area contributed by atoms with Gasteiger partial charge in [0.1, 0.15) is 0 Å². The maximum atomic E-state index is 5.35. The molecular formula is C11H12O2. The van der Waals surface area contributed by atoms with Crippen LogP contribution in [0.1, 0.15) is 5.56 Å². The Morgan fingerprint density at radius 2 is 2.08 bits per heavy atom. The molecule has 1 atom stereocenters. The van der Waals surface area contributed by atoms with Crippen LogP contribution in [-0.4, -0.2) is 20.0 Å². The normalized spacial score (nSPS) is 21.6. The molecule has 0 saturated carbocycles. The van der Waals surface area contributed by atoms with Gasteiger partial charge in [0.2, 0.25) is 0 Å². The summed E-state index contributed by atoms with van der Waals surface area (Å²) in [6, 6.07) is 10.2. The van der Waals surface area contributed by atoms with Crippen molar-refractivity contribution in [2.45, 2.75) is 6.29 Å². The Morgan fingerprint density at radius 1 is 1.31 bits per heavy atom. The fourth-order valence-corrected chi connectivity index (χ4v) is 1.49. The Labute approximate surface area is 77.8 Å². The molecule has 0 radical (unpaired) electrons. The SMILES string of the molecule is COC1OCC=C1c1ccccc1. The van der Waals surface area contributed by atoms with Gasteiger partial charge in [-0.1, -0.05) is 30.3 Å². The molecule has 1 aliphatic rings. The van der Waals surface area contributed by atoms with E-state index in [0.29, 0.717) is 6.61 Å². The van der Waals surface area contributed by atoms with E-state index < -0.39 is 0 Å². The summed E-state index contributed by atoms with van der Waals surface area (Å²) < 4.78 is 10.5. The Bertz CT molecular complexity index is 303. The zero-order valence-electron chi connectivity index (χ0n) is 7.57. The first-order chi connectivity index (χ1) is 6.42. The second kappa shape index (κ2) is 3.73. The number of rotatable bonds is 2. The Morgan fingerprint density at radius 3 is 2.77 bits per heavy atom. The Hall–Kier alpha value is -1.12. The summed E-state index contributed by atoms with van der Waals surface area (Å²) in [7, 11) is 1.66. The van der Waals surface area contributed by atoms with Gasteiger partial charge in [-0.2, -0.15) is 0 Å². The van der Waals surface area contributed by atoms with Crippen molar-refractivity contribution < 1.29 is 9.47 Å². The minimum atomic E-state index is -0.192. The molecule has 0 N–H and O–H groups in total. The number of hydrogen-bond acceptors (Lipinski definition) is 2. The van der Waals surface area contributed by atoms with Crippen molar-refractivity contribution in [3.63, 3.8) is 0 Å². The number of benzene rings is 1. The Kier molecular flexibility index (Phi) is 2.43. The van der Waals surface area contributed by atoms with E-state index in [0.717, 1.165) is 5.57 Å². The molecule has 1 aromatic carbocycles. The standard InChI is InChI=1S/C11H12O2/c1-12-11-10(7-8-13-11)9-5-3-2-4-6-9/h2-7,11H,8H2,1H3. The first-order valence-electron chi connectivity index (χ1n) is 4.31. The lowest BCUT2D eigenvalue weighted by atomic mass is 10.1. The van der Waals surface area contributed by atoms with Crippen LogP contribution in [0.4, 0.5) is 0 Å². The monoisotopic (exact) mass is 176 g/mol. The average molecular weight is 176 g/mol. The third-order valence-electron chi connectivity index (χ3n) is 2.13. The van der Waals surface area contributed by atoms with E-state index in [4.69, 9.17) is 9.47 Å². The highest BCUT2D eigenvalue weighted by Gasteiger charge is 2.19. The predicted molar refractivity (Wildman–Crippen MR) is 51.2 cm³/mol. The number of methoxy groups -OCH3 is 1. The predicted octanol–water partition coefficient (Wildman–Crippen LogP) is 2.07. The molecule has 0 fully saturated rings. The highest BCUT2D eigenvalue weighted by atomic mass is 16.7. The van der Waals surface area contributed by atoms with E-state index in [1.54, 1.807) is 7.11 Å². The summed E-state index contributed by atoms with van der Waals surface area (Å²) in [4.78, 5) is 0. The van der Waals surface area contributed by atoms with Crippen LogP contribution < -0.4 is 0 Å². The molecular weight excluding hydrogens is 164 g/mol. The highest BCUT2D eigenvalue weighted by molar-refractivity contribution is 5.69. The number of ether oxygens (including phenoxy) is 2. The minimum Gasteiger partial charge on any atom is -0.352 e. The average Bonchev–Trinajstić information content (AvgIpc) is 2.67. The van der Waals surface area contributed by atoms with Crippen LogP contribution in [0.15, 0.2) is 36.4 Å². The molecule has 13 heavy (non-hydrogen) atoms. The van der Waals surface area contributed by atoms with Gasteiger partial charge >= 0.3 is 0 Å². The number of hydrogen-bond donors (Lipinski definition) is 0. The van der Waals surface area contributed by atoms with Gasteiger partial charge in [-0.15, -0.1) is 0 Å². The molecule has 1 heterocycles. The third kappa shape index (κ3) is 1.64. The Balaban J connectivity index is 2.26. The molecule has 0 bridgehead atoms. The molecule has 68 valence electrons. The second-order valence-corrected chi connectivity index (χ2v) is 2.93. The summed E-state index contributed by atoms with van der Waals surface area (Å²) in [6.07, 6.45) is 1.87. The van der Waals surface area contributed by atoms with Crippen LogP contribution in [0.3, 0.4) is 0 Å². The van der Waals surface area contributed by atoms with E-state index >= 15 is 0 Å². The van der Waals surface area contributed by atoms with Gasteiger partial charge in [-0.25, -0.2) is 0 Å². The van der Waals surface area contributed by atoms with Crippen molar-refractivity contribution in [2.24, 2.45) is 0 Å². The molecule has 1 aromatic rings. The summed E-state index contributed by atoms with van der Waals surface area (Å²) >= 11 is 0. The van der Waals surface area contributed by atoms with Crippen molar-refractivity contribution in [3.8, 4) is 0 Å². The summed E-state index contributed by atoms with van der Waals surface area (Å²) in [6.45, 7) is 0.642. The fraction of sp³-hybridized carbons (Fsp3) is 0.273. The smallest absolute Gasteiger partial charge is 0.184 e. The van der Waals surface area contributed by atoms with E-state index in [1.165, 1.54) is 5.56 Å². The van der Waals surface area contributed by atoms with Crippen molar-refractivity contribution in [1.29, 1.82) is 0 Å². The maximum Gasteiger partial charge on any atom is 0.184 e. The van der Waals surface area contributed by atoms with E-state index in [1.807, 2.05) is 18.2 Å². The first kappa shape index (κ1) is 8.48. The van der Waals surface area contributed by atoms with Gasteiger partial charge < -0.3 is 9.47 Å². The van der Waals surface area contributed by atoms with E-state index in [-0.39, 0.29) is 6.29 Å². The topological polar surface area (TPSA) is 18.5 Å². The quantitative estimate of drug-likeness (QED) is 0.686. The van der Waals surface area contributed by atoms with Gasteiger partial charge in [0.25, 0.3) is 0 Å². The molecule has 0 aromatic heterocycles. The van der Waals surface area contributed by atoms with Gasteiger partial charge in [-0.05, 0) is 11.6 Å². The van der Waals surface area contributed by atoms with Crippen LogP contribution in [-0.2, 0) is 9.47 Å². The lowest BCUT2D eigenvalue weighted by Gasteiger charge is -2.12. The van der Waals surface area contributed by atoms with Crippen LogP contribution in [0, 0.1) is 0 Å². The fourth-order valence-electron chi connectivity index (χ4n) is 1.49. The largest absolute Gasteiger partial charge is 0.352 e. The van der Waals surface area contributed by atoms with Gasteiger partial charge in [0.15, 0.2) is 6.29 Å². The second-order valence-electron chi connectivity index (χ2n) is 2.93. The zero-order valence-corrected chi connectivity index (χ0v) is 7.57. The molecule has 2 nitrogen and oxygen atoms in total. The lowest BCUT2D eigenvalue weighted by Crippen LogP contribution is -2.11. The summed E-state index contributed by atoms with van der Waals surface area (Å²) in [5, 5.41) is 0. The molecule has 1 unspecified atom stereocenters. The molecule has 1 aliphatic heterocycles. The molecule has 0 saturated heterocycles. The van der Waals surface area contributed by atoms with Crippen LogP contribution in [0.25, 0.3) is 5.57 Å². The lowest BCUT2D eigenvalue weighted by molar-refractivity contribution is -0.0623. The van der Waals surface area contributed by atoms with E-state index in [9.17, 15) is 0 Å². The van der Waals surface area contributed by atoms with Crippen LogP contribution >= 0.6 is 0 Å². The minimum absolute atomic E-state index is 0.192. The van der Waals surface area contributed by atoms with Crippen molar-refractivity contribution >= 4 is 5.57 Å². The van der Waals surface area contributed by atoms with Gasteiger partial charge in [0, 0.05) is 12.7 Å². The molecule has 2 rings (SSSR count). The first-order valence-corrected chi connectivity index (χ1v) is 4.31. The molecule has 2 heteroatoms. The molecule has 0 aliphatic carbocycles. The van der Waals surface area contributed by atoms with Gasteiger partial charge in [-0.3, -0.25) is 0 Å². The zero-order chi connectivity index (χ0) is 9.10. The van der Waals surface area contributed by atoms with Crippen molar-refractivity contribution in [3.05, 3.63) is 42.0 Å². The maximum absolute atomic E-state index is 5.35. The van der Waals surface area contributed by atoms with E-state index in [2.05, 4.69) is 18.2 Å². The molecule has 0 spiro atoms. The van der Waals surface area contributed by atoms with Crippen molar-refractivity contribution in [1.82, 2.24) is 0 Å². The third-order valence-corrected chi connectivity index (χ3v) is 2.13. The highest BCUT2D eigenvalue weighted by Crippen LogP contribution is 2.25. The summed E-state index contributed by atoms with van der Waals surface area (Å²) in [5.41, 5.74) is 2.30. The molecule has 0 amide bonds. The van der Waals surface area contributed by atoms with Crippen LogP contribution in [0.5, 0.6) is 0 Å². The van der Waals surface area contributed by atoms with Crippen LogP contribution in [0.2, 0.25) is 0 Å². The van der Waals surface area contributed by atoms with Crippen molar-refractivity contribution in [2.75, 3.05) is 13.7 Å². The summed E-state index contributed by atoms with van der Waals surface area (Å²) in [5.74, 6) is 0. The van der Waals surface area contributed by atoms with Gasteiger partial charge in [0.05, 0.1) is 6.61 Å².